The van der Waals surface area contributed by atoms with Crippen LogP contribution >= 0.6 is 0 Å². The molecule has 1 aromatic heterocycles. The second-order valence-electron chi connectivity index (χ2n) is 5.29. The lowest BCUT2D eigenvalue weighted by Gasteiger charge is -2.13. The predicted molar refractivity (Wildman–Crippen MR) is 75.9 cm³/mol. The van der Waals surface area contributed by atoms with E-state index in [9.17, 15) is 18.0 Å². The molecular formula is C13H18N2O6S. The molecule has 2 rings (SSSR count). The smallest absolute Gasteiger partial charge is 0.326 e. The lowest BCUT2D eigenvalue weighted by atomic mass is 10.1. The average Bonchev–Trinajstić information content (AvgIpc) is 3.17. The van der Waals surface area contributed by atoms with Crippen LogP contribution in [0.25, 0.3) is 0 Å². The molecule has 0 bridgehead atoms. The monoisotopic (exact) mass is 330 g/mol. The van der Waals surface area contributed by atoms with Gasteiger partial charge >= 0.3 is 5.97 Å². The number of hydrogen-bond donors (Lipinski definition) is 3. The van der Waals surface area contributed by atoms with Gasteiger partial charge in [0.05, 0.1) is 5.56 Å². The van der Waals surface area contributed by atoms with Gasteiger partial charge in [-0.05, 0) is 26.3 Å². The fourth-order valence-corrected chi connectivity index (χ4v) is 2.77. The number of carboxylic acids is 1. The minimum atomic E-state index is -3.80. The van der Waals surface area contributed by atoms with Gasteiger partial charge in [-0.2, -0.15) is 0 Å². The average molecular weight is 330 g/mol. The largest absolute Gasteiger partial charge is 0.480 e. The van der Waals surface area contributed by atoms with Crippen LogP contribution in [0.3, 0.4) is 0 Å². The molecule has 8 nitrogen and oxygen atoms in total. The van der Waals surface area contributed by atoms with Gasteiger partial charge in [-0.3, -0.25) is 4.79 Å². The quantitative estimate of drug-likeness (QED) is 0.667. The SMILES string of the molecule is CNS(=O)(=O)c1cc(C(=O)NC(CC2CC2)C(=O)O)c(C)o1. The Labute approximate surface area is 127 Å². The summed E-state index contributed by atoms with van der Waals surface area (Å²) in [7, 11) is -2.57. The Balaban J connectivity index is 2.16. The van der Waals surface area contributed by atoms with Gasteiger partial charge in [0.25, 0.3) is 15.9 Å². The van der Waals surface area contributed by atoms with Crippen LogP contribution in [0.2, 0.25) is 0 Å². The molecule has 9 heteroatoms. The van der Waals surface area contributed by atoms with Crippen molar-refractivity contribution in [3.05, 3.63) is 17.4 Å². The first kappa shape index (κ1) is 16.5. The zero-order valence-corrected chi connectivity index (χ0v) is 13.1. The van der Waals surface area contributed by atoms with Crippen molar-refractivity contribution < 1.29 is 27.5 Å². The third kappa shape index (κ3) is 3.66. The molecule has 1 amide bonds. The molecule has 1 atom stereocenters. The van der Waals surface area contributed by atoms with E-state index >= 15 is 0 Å². The molecule has 122 valence electrons. The maximum Gasteiger partial charge on any atom is 0.326 e. The predicted octanol–water partition coefficient (Wildman–Crippen LogP) is 0.479. The molecular weight excluding hydrogens is 312 g/mol. The summed E-state index contributed by atoms with van der Waals surface area (Å²) in [4.78, 5) is 23.3. The lowest BCUT2D eigenvalue weighted by molar-refractivity contribution is -0.139. The first-order chi connectivity index (χ1) is 10.2. The van der Waals surface area contributed by atoms with Gasteiger partial charge in [0.15, 0.2) is 0 Å². The van der Waals surface area contributed by atoms with E-state index in [1.54, 1.807) is 0 Å². The number of carbonyl (C=O) groups excluding carboxylic acids is 1. The number of furan rings is 1. The highest BCUT2D eigenvalue weighted by molar-refractivity contribution is 7.89. The molecule has 1 aliphatic carbocycles. The van der Waals surface area contributed by atoms with Crippen molar-refractivity contribution in [2.75, 3.05) is 7.05 Å². The van der Waals surface area contributed by atoms with E-state index in [1.807, 2.05) is 0 Å². The summed E-state index contributed by atoms with van der Waals surface area (Å²) in [5.74, 6) is -1.33. The topological polar surface area (TPSA) is 126 Å². The number of hydrogen-bond acceptors (Lipinski definition) is 5. The standard InChI is InChI=1S/C13H18N2O6S/c1-7-9(6-11(21-7)22(19,20)14-2)12(16)15-10(13(17)18)5-8-3-4-8/h6,8,10,14H,3-5H2,1-2H3,(H,15,16)(H,17,18). The summed E-state index contributed by atoms with van der Waals surface area (Å²) >= 11 is 0. The Bertz CT molecular complexity index is 689. The van der Waals surface area contributed by atoms with Crippen LogP contribution in [0.15, 0.2) is 15.6 Å². The number of nitrogens with one attached hydrogen (secondary N) is 2. The van der Waals surface area contributed by atoms with Crippen LogP contribution in [0.5, 0.6) is 0 Å². The van der Waals surface area contributed by atoms with E-state index in [0.29, 0.717) is 12.3 Å². The summed E-state index contributed by atoms with van der Waals surface area (Å²) in [5, 5.41) is 11.2. The maximum atomic E-state index is 12.2. The van der Waals surface area contributed by atoms with Crippen molar-refractivity contribution in [1.82, 2.24) is 10.0 Å². The van der Waals surface area contributed by atoms with Crippen LogP contribution in [0.1, 0.15) is 35.4 Å². The number of rotatable bonds is 7. The normalized spacial score (nSPS) is 16.3. The third-order valence-corrected chi connectivity index (χ3v) is 4.81. The van der Waals surface area contributed by atoms with E-state index in [2.05, 4.69) is 10.0 Å². The van der Waals surface area contributed by atoms with Crippen molar-refractivity contribution in [2.24, 2.45) is 5.92 Å². The van der Waals surface area contributed by atoms with Crippen molar-refractivity contribution in [3.8, 4) is 0 Å². The number of aliphatic carboxylic acids is 1. The molecule has 0 aromatic carbocycles. The summed E-state index contributed by atoms with van der Waals surface area (Å²) in [5.41, 5.74) is 0.0101. The fraction of sp³-hybridized carbons (Fsp3) is 0.538. The molecule has 1 fully saturated rings. The van der Waals surface area contributed by atoms with Crippen LogP contribution in [0.4, 0.5) is 0 Å². The lowest BCUT2D eigenvalue weighted by Crippen LogP contribution is -2.41. The van der Waals surface area contributed by atoms with E-state index in [1.165, 1.54) is 14.0 Å². The minimum absolute atomic E-state index is 0.0101. The number of amides is 1. The van der Waals surface area contributed by atoms with E-state index in [4.69, 9.17) is 9.52 Å². The number of aryl methyl sites for hydroxylation is 1. The highest BCUT2D eigenvalue weighted by Gasteiger charge is 2.31. The van der Waals surface area contributed by atoms with E-state index in [-0.39, 0.29) is 16.4 Å². The molecule has 1 unspecified atom stereocenters. The van der Waals surface area contributed by atoms with Gasteiger partial charge in [0.2, 0.25) is 5.09 Å². The molecule has 0 saturated heterocycles. The Hall–Kier alpha value is -1.87. The first-order valence-corrected chi connectivity index (χ1v) is 8.30. The molecule has 0 aliphatic heterocycles. The second-order valence-corrected chi connectivity index (χ2v) is 7.10. The van der Waals surface area contributed by atoms with Crippen molar-refractivity contribution in [1.29, 1.82) is 0 Å². The van der Waals surface area contributed by atoms with E-state index in [0.717, 1.165) is 18.9 Å². The Kier molecular flexibility index (Phi) is 4.57. The van der Waals surface area contributed by atoms with Gasteiger partial charge in [-0.25, -0.2) is 17.9 Å². The van der Waals surface area contributed by atoms with Gasteiger partial charge in [-0.1, -0.05) is 12.8 Å². The van der Waals surface area contributed by atoms with Crippen LogP contribution in [-0.2, 0) is 14.8 Å². The summed E-state index contributed by atoms with van der Waals surface area (Å²) in [6.07, 6.45) is 2.31. The highest BCUT2D eigenvalue weighted by atomic mass is 32.2. The molecule has 0 spiro atoms. The third-order valence-electron chi connectivity index (χ3n) is 3.54. The van der Waals surface area contributed by atoms with E-state index < -0.39 is 27.9 Å². The molecule has 22 heavy (non-hydrogen) atoms. The highest BCUT2D eigenvalue weighted by Crippen LogP contribution is 2.33. The number of carboxylic acid groups (broad SMARTS) is 1. The van der Waals surface area contributed by atoms with Gasteiger partial charge in [0.1, 0.15) is 11.8 Å². The Morgan fingerprint density at radius 3 is 2.59 bits per heavy atom. The molecule has 3 N–H and O–H groups in total. The Morgan fingerprint density at radius 1 is 1.45 bits per heavy atom. The summed E-state index contributed by atoms with van der Waals surface area (Å²) in [6, 6.07) is 0.102. The molecule has 1 saturated carbocycles. The molecule has 1 aliphatic rings. The van der Waals surface area contributed by atoms with Gasteiger partial charge in [0, 0.05) is 6.07 Å². The van der Waals surface area contributed by atoms with Crippen molar-refractivity contribution in [2.45, 2.75) is 37.3 Å². The van der Waals surface area contributed by atoms with Gasteiger partial charge < -0.3 is 14.8 Å². The zero-order chi connectivity index (χ0) is 16.5. The summed E-state index contributed by atoms with van der Waals surface area (Å²) < 4.78 is 30.4. The zero-order valence-electron chi connectivity index (χ0n) is 12.3. The maximum absolute atomic E-state index is 12.2. The molecule has 0 radical (unpaired) electrons. The van der Waals surface area contributed by atoms with Gasteiger partial charge in [-0.15, -0.1) is 0 Å². The van der Waals surface area contributed by atoms with Crippen molar-refractivity contribution in [3.63, 3.8) is 0 Å². The fourth-order valence-electron chi connectivity index (χ4n) is 2.06. The summed E-state index contributed by atoms with van der Waals surface area (Å²) in [6.45, 7) is 1.44. The Morgan fingerprint density at radius 2 is 2.09 bits per heavy atom. The first-order valence-electron chi connectivity index (χ1n) is 6.82. The van der Waals surface area contributed by atoms with Crippen LogP contribution in [-0.4, -0.2) is 38.5 Å². The molecule has 1 heterocycles. The second kappa shape index (κ2) is 6.09. The van der Waals surface area contributed by atoms with Crippen LogP contribution in [0, 0.1) is 12.8 Å². The number of carbonyl (C=O) groups is 2. The van der Waals surface area contributed by atoms with Crippen molar-refractivity contribution >= 4 is 21.9 Å². The van der Waals surface area contributed by atoms with Crippen LogP contribution < -0.4 is 10.0 Å². The number of sulfonamides is 1. The molecule has 1 aromatic rings. The minimum Gasteiger partial charge on any atom is -0.480 e.